The number of hydrogen-bond donors (Lipinski definition) is 1. The Morgan fingerprint density at radius 2 is 1.79 bits per heavy atom. The van der Waals surface area contributed by atoms with E-state index in [1.165, 1.54) is 51.7 Å². The SMILES string of the molecule is COC(=O)/C=C/NC12CC3CC(C)(CC(C)(C3)C1)C2. The van der Waals surface area contributed by atoms with Crippen molar-refractivity contribution in [2.24, 2.45) is 16.7 Å². The van der Waals surface area contributed by atoms with Crippen molar-refractivity contribution in [3.63, 3.8) is 0 Å². The summed E-state index contributed by atoms with van der Waals surface area (Å²) in [6, 6.07) is 0. The Morgan fingerprint density at radius 3 is 2.32 bits per heavy atom. The molecule has 19 heavy (non-hydrogen) atoms. The summed E-state index contributed by atoms with van der Waals surface area (Å²) in [4.78, 5) is 11.2. The topological polar surface area (TPSA) is 38.3 Å². The number of methoxy groups -OCH3 is 1. The van der Waals surface area contributed by atoms with Gasteiger partial charge in [-0.15, -0.1) is 0 Å². The predicted octanol–water partition coefficient (Wildman–Crippen LogP) is 3.01. The van der Waals surface area contributed by atoms with E-state index in [4.69, 9.17) is 0 Å². The second-order valence-electron chi connectivity index (χ2n) is 7.91. The lowest BCUT2D eigenvalue weighted by Crippen LogP contribution is -2.63. The number of nitrogens with one attached hydrogen (secondary N) is 1. The Morgan fingerprint density at radius 1 is 1.16 bits per heavy atom. The molecule has 0 saturated heterocycles. The maximum atomic E-state index is 11.2. The standard InChI is InChI=1S/C16H25NO2/c1-14-6-12-7-15(2,9-14)11-16(8-12,10-14)17-5-4-13(18)19-3/h4-5,12,17H,6-11H2,1-3H3/b5-4+. The van der Waals surface area contributed by atoms with Crippen LogP contribution in [0.2, 0.25) is 0 Å². The fraction of sp³-hybridized carbons (Fsp3) is 0.812. The smallest absolute Gasteiger partial charge is 0.331 e. The minimum absolute atomic E-state index is 0.216. The van der Waals surface area contributed by atoms with Crippen LogP contribution >= 0.6 is 0 Å². The molecule has 2 unspecified atom stereocenters. The van der Waals surface area contributed by atoms with Crippen molar-refractivity contribution in [2.45, 2.75) is 57.9 Å². The first-order chi connectivity index (χ1) is 8.86. The quantitative estimate of drug-likeness (QED) is 0.628. The van der Waals surface area contributed by atoms with Crippen molar-refractivity contribution in [1.29, 1.82) is 0 Å². The van der Waals surface area contributed by atoms with Crippen LogP contribution in [0.5, 0.6) is 0 Å². The summed E-state index contributed by atoms with van der Waals surface area (Å²) in [5.74, 6) is 0.583. The van der Waals surface area contributed by atoms with Crippen LogP contribution in [0.25, 0.3) is 0 Å². The van der Waals surface area contributed by atoms with Gasteiger partial charge in [-0.1, -0.05) is 13.8 Å². The molecule has 4 saturated carbocycles. The maximum absolute atomic E-state index is 11.2. The summed E-state index contributed by atoms with van der Waals surface area (Å²) < 4.78 is 4.65. The van der Waals surface area contributed by atoms with Crippen LogP contribution in [0, 0.1) is 16.7 Å². The minimum Gasteiger partial charge on any atom is -0.466 e. The van der Waals surface area contributed by atoms with E-state index in [9.17, 15) is 4.79 Å². The largest absolute Gasteiger partial charge is 0.466 e. The van der Waals surface area contributed by atoms with Crippen LogP contribution in [0.3, 0.4) is 0 Å². The van der Waals surface area contributed by atoms with Gasteiger partial charge >= 0.3 is 5.97 Å². The molecule has 1 N–H and O–H groups in total. The molecular weight excluding hydrogens is 238 g/mol. The van der Waals surface area contributed by atoms with Crippen molar-refractivity contribution < 1.29 is 9.53 Å². The lowest BCUT2D eigenvalue weighted by Gasteiger charge is -2.65. The molecule has 0 aromatic rings. The van der Waals surface area contributed by atoms with E-state index in [0.29, 0.717) is 10.8 Å². The van der Waals surface area contributed by atoms with Gasteiger partial charge in [0.05, 0.1) is 7.11 Å². The van der Waals surface area contributed by atoms with Crippen LogP contribution in [0.4, 0.5) is 0 Å². The summed E-state index contributed by atoms with van der Waals surface area (Å²) in [6.07, 6.45) is 11.2. The minimum atomic E-state index is -0.283. The number of carbonyl (C=O) groups is 1. The summed E-state index contributed by atoms with van der Waals surface area (Å²) in [5, 5.41) is 3.56. The molecular formula is C16H25NO2. The van der Waals surface area contributed by atoms with Gasteiger partial charge in [-0.25, -0.2) is 4.79 Å². The summed E-state index contributed by atoms with van der Waals surface area (Å²) in [7, 11) is 1.42. The van der Waals surface area contributed by atoms with Gasteiger partial charge in [0.2, 0.25) is 0 Å². The van der Waals surface area contributed by atoms with E-state index < -0.39 is 0 Å². The number of ether oxygens (including phenoxy) is 1. The molecule has 4 rings (SSSR count). The second-order valence-corrected chi connectivity index (χ2v) is 7.91. The van der Waals surface area contributed by atoms with Crippen LogP contribution in [0.15, 0.2) is 12.3 Å². The lowest BCUT2D eigenvalue weighted by atomic mass is 9.43. The molecule has 0 radical (unpaired) electrons. The molecule has 4 aliphatic rings. The third-order valence-electron chi connectivity index (χ3n) is 5.44. The number of hydrogen-bond acceptors (Lipinski definition) is 3. The molecule has 0 aromatic carbocycles. The van der Waals surface area contributed by atoms with Gasteiger partial charge in [-0.2, -0.15) is 0 Å². The lowest BCUT2D eigenvalue weighted by molar-refractivity contribution is -0.134. The van der Waals surface area contributed by atoms with Crippen molar-refractivity contribution >= 4 is 5.97 Å². The van der Waals surface area contributed by atoms with Gasteiger partial charge in [0.25, 0.3) is 0 Å². The summed E-state index contributed by atoms with van der Waals surface area (Å²) in [5.41, 5.74) is 1.22. The first-order valence-corrected chi connectivity index (χ1v) is 7.38. The van der Waals surface area contributed by atoms with E-state index in [1.807, 2.05) is 6.20 Å². The second kappa shape index (κ2) is 4.00. The highest BCUT2D eigenvalue weighted by Crippen LogP contribution is 2.66. The van der Waals surface area contributed by atoms with E-state index in [0.717, 1.165) is 5.92 Å². The average Bonchev–Trinajstić information content (AvgIpc) is 2.23. The molecule has 0 aromatic heterocycles. The molecule has 3 heteroatoms. The molecule has 0 aliphatic heterocycles. The molecule has 2 atom stereocenters. The van der Waals surface area contributed by atoms with Gasteiger partial charge in [0.1, 0.15) is 0 Å². The summed E-state index contributed by atoms with van der Waals surface area (Å²) in [6.45, 7) is 4.91. The zero-order valence-corrected chi connectivity index (χ0v) is 12.3. The van der Waals surface area contributed by atoms with E-state index in [-0.39, 0.29) is 11.5 Å². The van der Waals surface area contributed by atoms with Crippen LogP contribution in [0.1, 0.15) is 52.4 Å². The molecule has 0 heterocycles. The van der Waals surface area contributed by atoms with Crippen molar-refractivity contribution in [2.75, 3.05) is 7.11 Å². The fourth-order valence-corrected chi connectivity index (χ4v) is 5.96. The van der Waals surface area contributed by atoms with Crippen molar-refractivity contribution in [3.8, 4) is 0 Å². The van der Waals surface area contributed by atoms with Crippen LogP contribution in [-0.2, 0) is 9.53 Å². The molecule has 106 valence electrons. The molecule has 4 bridgehead atoms. The van der Waals surface area contributed by atoms with E-state index in [1.54, 1.807) is 0 Å². The first-order valence-electron chi connectivity index (χ1n) is 7.38. The van der Waals surface area contributed by atoms with E-state index in [2.05, 4.69) is 23.9 Å². The predicted molar refractivity (Wildman–Crippen MR) is 74.4 cm³/mol. The Bertz CT molecular complexity index is 410. The number of rotatable bonds is 3. The van der Waals surface area contributed by atoms with Gasteiger partial charge in [0, 0.05) is 17.8 Å². The van der Waals surface area contributed by atoms with Crippen molar-refractivity contribution in [1.82, 2.24) is 5.32 Å². The maximum Gasteiger partial charge on any atom is 0.331 e. The normalized spacial score (nSPS) is 47.6. The third kappa shape index (κ3) is 2.28. The monoisotopic (exact) mass is 263 g/mol. The molecule has 3 nitrogen and oxygen atoms in total. The number of carbonyl (C=O) groups excluding carboxylic acids is 1. The Hall–Kier alpha value is -0.990. The first kappa shape index (κ1) is 13.0. The highest BCUT2D eigenvalue weighted by atomic mass is 16.5. The highest BCUT2D eigenvalue weighted by Gasteiger charge is 2.59. The van der Waals surface area contributed by atoms with Gasteiger partial charge in [0.15, 0.2) is 0 Å². The van der Waals surface area contributed by atoms with Gasteiger partial charge in [-0.05, 0) is 55.3 Å². The molecule has 4 fully saturated rings. The Kier molecular flexibility index (Phi) is 2.74. The summed E-state index contributed by atoms with van der Waals surface area (Å²) >= 11 is 0. The van der Waals surface area contributed by atoms with E-state index >= 15 is 0 Å². The highest BCUT2D eigenvalue weighted by molar-refractivity contribution is 5.81. The zero-order chi connectivity index (χ0) is 13.7. The molecule has 0 spiro atoms. The fourth-order valence-electron chi connectivity index (χ4n) is 5.96. The van der Waals surface area contributed by atoms with Crippen LogP contribution in [-0.4, -0.2) is 18.6 Å². The Balaban J connectivity index is 1.77. The number of esters is 1. The molecule has 4 aliphatic carbocycles. The van der Waals surface area contributed by atoms with Crippen molar-refractivity contribution in [3.05, 3.63) is 12.3 Å². The zero-order valence-electron chi connectivity index (χ0n) is 12.3. The molecule has 0 amide bonds. The Labute approximate surface area is 115 Å². The van der Waals surface area contributed by atoms with Gasteiger partial charge in [-0.3, -0.25) is 0 Å². The van der Waals surface area contributed by atoms with Crippen LogP contribution < -0.4 is 5.32 Å². The average molecular weight is 263 g/mol. The van der Waals surface area contributed by atoms with Gasteiger partial charge < -0.3 is 10.1 Å². The third-order valence-corrected chi connectivity index (χ3v) is 5.44.